The lowest BCUT2D eigenvalue weighted by Gasteiger charge is -2.10. The molecule has 0 aliphatic rings. The maximum Gasteiger partial charge on any atom is 0.269 e. The summed E-state index contributed by atoms with van der Waals surface area (Å²) in [6, 6.07) is 15.8. The lowest BCUT2D eigenvalue weighted by atomic mass is 10.0. The number of rotatable bonds is 7. The number of hydrogen-bond donors (Lipinski definition) is 0. The molecular formula is C20H18N2O5. The first-order valence-corrected chi connectivity index (χ1v) is 8.16. The summed E-state index contributed by atoms with van der Waals surface area (Å²) in [6.07, 6.45) is 1.57. The molecule has 0 fully saturated rings. The van der Waals surface area contributed by atoms with Crippen LogP contribution in [0.3, 0.4) is 0 Å². The molecule has 0 saturated carbocycles. The Morgan fingerprint density at radius 2 is 1.89 bits per heavy atom. The fraction of sp³-hybridized carbons (Fsp3) is 0.150. The quantitative estimate of drug-likeness (QED) is 0.353. The maximum absolute atomic E-state index is 10.8. The summed E-state index contributed by atoms with van der Waals surface area (Å²) in [4.78, 5) is 15.7. The Bertz CT molecular complexity index is 996. The number of non-ortho nitro benzene ring substituents is 1. The molecule has 3 aromatic carbocycles. The van der Waals surface area contributed by atoms with E-state index in [1.54, 1.807) is 32.6 Å². The number of nitro groups is 1. The molecule has 0 atom stereocenters. The van der Waals surface area contributed by atoms with Crippen LogP contribution in [0.5, 0.6) is 11.5 Å². The highest BCUT2D eigenvalue weighted by atomic mass is 16.6. The normalized spacial score (nSPS) is 10.9. The molecule has 0 radical (unpaired) electrons. The molecule has 0 aromatic heterocycles. The van der Waals surface area contributed by atoms with Gasteiger partial charge in [-0.1, -0.05) is 29.4 Å². The van der Waals surface area contributed by atoms with Crippen molar-refractivity contribution in [2.24, 2.45) is 5.16 Å². The summed E-state index contributed by atoms with van der Waals surface area (Å²) >= 11 is 0. The minimum atomic E-state index is -0.443. The van der Waals surface area contributed by atoms with Crippen LogP contribution in [0, 0.1) is 10.1 Å². The van der Waals surface area contributed by atoms with Crippen molar-refractivity contribution in [1.82, 2.24) is 0 Å². The van der Waals surface area contributed by atoms with Crippen molar-refractivity contribution < 1.29 is 19.2 Å². The van der Waals surface area contributed by atoms with Gasteiger partial charge in [0.25, 0.3) is 5.69 Å². The number of methoxy groups -OCH3 is 2. The third-order valence-corrected chi connectivity index (χ3v) is 4.06. The number of ether oxygens (including phenoxy) is 2. The van der Waals surface area contributed by atoms with E-state index in [2.05, 4.69) is 5.16 Å². The third-order valence-electron chi connectivity index (χ3n) is 4.06. The number of oxime groups is 1. The summed E-state index contributed by atoms with van der Waals surface area (Å²) < 4.78 is 10.7. The van der Waals surface area contributed by atoms with Gasteiger partial charge in [-0.05, 0) is 34.5 Å². The van der Waals surface area contributed by atoms with Crippen LogP contribution >= 0.6 is 0 Å². The van der Waals surface area contributed by atoms with Crippen LogP contribution in [0.1, 0.15) is 11.1 Å². The average molecular weight is 366 g/mol. The van der Waals surface area contributed by atoms with Crippen molar-refractivity contribution in [3.63, 3.8) is 0 Å². The standard InChI is InChI=1S/C20H18N2O5/c1-25-17-8-6-15-7-9-20(26-2)19(18(15)11-17)12-21-27-13-14-4-3-5-16(10-14)22(23)24/h3-12H,13H2,1-2H3/b21-12-. The molecule has 0 amide bonds. The molecule has 0 bridgehead atoms. The number of hydrogen-bond acceptors (Lipinski definition) is 6. The van der Waals surface area contributed by atoms with Gasteiger partial charge in [0, 0.05) is 17.7 Å². The van der Waals surface area contributed by atoms with Gasteiger partial charge < -0.3 is 14.3 Å². The van der Waals surface area contributed by atoms with Gasteiger partial charge in [-0.15, -0.1) is 0 Å². The van der Waals surface area contributed by atoms with Gasteiger partial charge in [-0.25, -0.2) is 0 Å². The Balaban J connectivity index is 1.82. The van der Waals surface area contributed by atoms with Crippen molar-refractivity contribution in [2.45, 2.75) is 6.61 Å². The van der Waals surface area contributed by atoms with E-state index in [9.17, 15) is 10.1 Å². The van der Waals surface area contributed by atoms with Crippen LogP contribution in [0.15, 0.2) is 59.8 Å². The lowest BCUT2D eigenvalue weighted by molar-refractivity contribution is -0.384. The zero-order valence-corrected chi connectivity index (χ0v) is 14.9. The predicted octanol–water partition coefficient (Wildman–Crippen LogP) is 4.32. The first-order valence-electron chi connectivity index (χ1n) is 8.16. The third kappa shape index (κ3) is 4.14. The predicted molar refractivity (Wildman–Crippen MR) is 103 cm³/mol. The molecule has 0 heterocycles. The van der Waals surface area contributed by atoms with Crippen LogP contribution in [0.25, 0.3) is 10.8 Å². The number of benzene rings is 3. The summed E-state index contributed by atoms with van der Waals surface area (Å²) in [5, 5.41) is 16.8. The van der Waals surface area contributed by atoms with E-state index in [-0.39, 0.29) is 12.3 Å². The average Bonchev–Trinajstić information content (AvgIpc) is 2.70. The van der Waals surface area contributed by atoms with Crippen LogP contribution < -0.4 is 9.47 Å². The second kappa shape index (κ2) is 8.18. The largest absolute Gasteiger partial charge is 0.497 e. The molecule has 0 spiro atoms. The molecule has 7 heteroatoms. The Hall–Kier alpha value is -3.61. The number of nitrogens with zero attached hydrogens (tertiary/aromatic N) is 2. The van der Waals surface area contributed by atoms with Gasteiger partial charge >= 0.3 is 0 Å². The molecule has 138 valence electrons. The Labute approximate surface area is 155 Å². The van der Waals surface area contributed by atoms with Crippen LogP contribution in [0.4, 0.5) is 5.69 Å². The van der Waals surface area contributed by atoms with Gasteiger partial charge in [0.2, 0.25) is 0 Å². The molecule has 7 nitrogen and oxygen atoms in total. The highest BCUT2D eigenvalue weighted by Crippen LogP contribution is 2.29. The molecule has 3 aromatic rings. The topological polar surface area (TPSA) is 83.2 Å². The molecule has 0 aliphatic carbocycles. The van der Waals surface area contributed by atoms with E-state index in [4.69, 9.17) is 14.3 Å². The van der Waals surface area contributed by atoms with E-state index >= 15 is 0 Å². The molecule has 0 aliphatic heterocycles. The van der Waals surface area contributed by atoms with Crippen molar-refractivity contribution >= 4 is 22.7 Å². The highest BCUT2D eigenvalue weighted by molar-refractivity contribution is 6.02. The summed E-state index contributed by atoms with van der Waals surface area (Å²) in [7, 11) is 3.19. The van der Waals surface area contributed by atoms with Gasteiger partial charge in [0.15, 0.2) is 0 Å². The Morgan fingerprint density at radius 1 is 1.07 bits per heavy atom. The van der Waals surface area contributed by atoms with E-state index in [1.165, 1.54) is 12.1 Å². The molecule has 0 N–H and O–H groups in total. The number of nitro benzene ring substituents is 1. The minimum absolute atomic E-state index is 0.0166. The van der Waals surface area contributed by atoms with E-state index in [0.717, 1.165) is 22.1 Å². The van der Waals surface area contributed by atoms with Crippen LogP contribution in [-0.4, -0.2) is 25.4 Å². The Morgan fingerprint density at radius 3 is 2.63 bits per heavy atom. The zero-order chi connectivity index (χ0) is 19.2. The van der Waals surface area contributed by atoms with Gasteiger partial charge in [0.05, 0.1) is 25.4 Å². The molecule has 27 heavy (non-hydrogen) atoms. The second-order valence-electron chi connectivity index (χ2n) is 5.70. The molecule has 0 saturated heterocycles. The Kier molecular flexibility index (Phi) is 5.51. The summed E-state index contributed by atoms with van der Waals surface area (Å²) in [6.45, 7) is 0.120. The minimum Gasteiger partial charge on any atom is -0.497 e. The van der Waals surface area contributed by atoms with Crippen molar-refractivity contribution in [1.29, 1.82) is 0 Å². The van der Waals surface area contributed by atoms with Crippen molar-refractivity contribution in [3.8, 4) is 11.5 Å². The van der Waals surface area contributed by atoms with E-state index in [1.807, 2.05) is 30.3 Å². The summed E-state index contributed by atoms with van der Waals surface area (Å²) in [5.41, 5.74) is 1.43. The maximum atomic E-state index is 10.8. The van der Waals surface area contributed by atoms with Crippen LogP contribution in [-0.2, 0) is 11.4 Å². The first-order chi connectivity index (χ1) is 13.1. The monoisotopic (exact) mass is 366 g/mol. The fourth-order valence-electron chi connectivity index (χ4n) is 2.70. The van der Waals surface area contributed by atoms with E-state index in [0.29, 0.717) is 11.3 Å². The zero-order valence-electron chi connectivity index (χ0n) is 14.9. The second-order valence-corrected chi connectivity index (χ2v) is 5.70. The van der Waals surface area contributed by atoms with Crippen LogP contribution in [0.2, 0.25) is 0 Å². The first kappa shape index (κ1) is 18.2. The van der Waals surface area contributed by atoms with Gasteiger partial charge in [0.1, 0.15) is 18.1 Å². The fourth-order valence-corrected chi connectivity index (χ4v) is 2.70. The van der Waals surface area contributed by atoms with E-state index < -0.39 is 4.92 Å². The SMILES string of the molecule is COc1ccc2ccc(OC)c(/C=N\OCc3cccc([N+](=O)[O-])c3)c2c1. The van der Waals surface area contributed by atoms with Gasteiger partial charge in [-0.3, -0.25) is 10.1 Å². The lowest BCUT2D eigenvalue weighted by Crippen LogP contribution is -1.95. The van der Waals surface area contributed by atoms with Crippen molar-refractivity contribution in [2.75, 3.05) is 14.2 Å². The number of fused-ring (bicyclic) bond motifs is 1. The highest BCUT2D eigenvalue weighted by Gasteiger charge is 2.09. The smallest absolute Gasteiger partial charge is 0.269 e. The van der Waals surface area contributed by atoms with Gasteiger partial charge in [-0.2, -0.15) is 0 Å². The molecular weight excluding hydrogens is 348 g/mol. The summed E-state index contributed by atoms with van der Waals surface area (Å²) in [5.74, 6) is 1.38. The van der Waals surface area contributed by atoms with Crippen molar-refractivity contribution in [3.05, 3.63) is 75.8 Å². The molecule has 0 unspecified atom stereocenters. The molecule has 3 rings (SSSR count).